The van der Waals surface area contributed by atoms with Gasteiger partial charge in [0.1, 0.15) is 18.5 Å². The maximum absolute atomic E-state index is 14.6. The normalized spacial score (nSPS) is 20.8. The van der Waals surface area contributed by atoms with Crippen LogP contribution in [0.1, 0.15) is 23.5 Å². The molecule has 0 saturated carbocycles. The van der Waals surface area contributed by atoms with Gasteiger partial charge in [-0.15, -0.1) is 11.3 Å². The van der Waals surface area contributed by atoms with Crippen molar-refractivity contribution < 1.29 is 33.4 Å². The predicted octanol–water partition coefficient (Wildman–Crippen LogP) is 2.37. The molecule has 2 fully saturated rings. The second-order valence-corrected chi connectivity index (χ2v) is 11.1. The van der Waals surface area contributed by atoms with Gasteiger partial charge in [0.25, 0.3) is 0 Å². The smallest absolute Gasteiger partial charge is 0.338 e. The van der Waals surface area contributed by atoms with Gasteiger partial charge in [0.2, 0.25) is 0 Å². The van der Waals surface area contributed by atoms with Crippen LogP contribution in [0.2, 0.25) is 5.02 Å². The fraction of sp³-hybridized carbons (Fsp3) is 0.444. The Morgan fingerprint density at radius 2 is 2.12 bits per heavy atom. The summed E-state index contributed by atoms with van der Waals surface area (Å²) in [7, 11) is 0. The number of hydrogen-bond acceptors (Lipinski definition) is 10. The van der Waals surface area contributed by atoms with E-state index in [-0.39, 0.29) is 35.9 Å². The van der Waals surface area contributed by atoms with Crippen LogP contribution in [0.3, 0.4) is 0 Å². The van der Waals surface area contributed by atoms with Gasteiger partial charge in [-0.3, -0.25) is 9.89 Å². The van der Waals surface area contributed by atoms with Crippen LogP contribution < -0.4 is 5.32 Å². The third kappa shape index (κ3) is 6.41. The number of urea groups is 1. The molecule has 0 radical (unpaired) electrons. The first kappa shape index (κ1) is 29.9. The fourth-order valence-corrected chi connectivity index (χ4v) is 6.12. The van der Waals surface area contributed by atoms with Crippen LogP contribution in [0.25, 0.3) is 0 Å². The Morgan fingerprint density at radius 3 is 2.86 bits per heavy atom. The number of aliphatic imine (C=N–C) groups is 1. The second-order valence-electron chi connectivity index (χ2n) is 9.86. The lowest BCUT2D eigenvalue weighted by Gasteiger charge is -2.38. The van der Waals surface area contributed by atoms with Crippen LogP contribution >= 0.6 is 22.9 Å². The van der Waals surface area contributed by atoms with E-state index in [1.807, 2.05) is 5.38 Å². The van der Waals surface area contributed by atoms with Crippen LogP contribution in [-0.2, 0) is 19.1 Å². The Bertz CT molecular complexity index is 1410. The zero-order valence-electron chi connectivity index (χ0n) is 22.8. The van der Waals surface area contributed by atoms with Crippen molar-refractivity contribution in [3.63, 3.8) is 0 Å². The zero-order valence-corrected chi connectivity index (χ0v) is 24.4. The largest absolute Gasteiger partial charge is 0.480 e. The molecular formula is C27H30ClFN6O6S. The fourth-order valence-electron chi connectivity index (χ4n) is 5.31. The number of nitrogens with one attached hydrogen (secondary N) is 1. The van der Waals surface area contributed by atoms with Crippen molar-refractivity contribution in [3.05, 3.63) is 62.5 Å². The number of amidine groups is 1. The molecule has 12 nitrogen and oxygen atoms in total. The Morgan fingerprint density at radius 1 is 1.29 bits per heavy atom. The van der Waals surface area contributed by atoms with Gasteiger partial charge in [0.05, 0.1) is 29.9 Å². The molecule has 2 amide bonds. The number of thiazole rings is 1. The predicted molar refractivity (Wildman–Crippen MR) is 152 cm³/mol. The third-order valence-corrected chi connectivity index (χ3v) is 8.34. The molecule has 0 spiro atoms. The molecule has 2 aromatic rings. The molecule has 5 rings (SSSR count). The third-order valence-electron chi connectivity index (χ3n) is 7.16. The summed E-state index contributed by atoms with van der Waals surface area (Å²) >= 11 is 7.76. The van der Waals surface area contributed by atoms with Crippen molar-refractivity contribution >= 4 is 46.7 Å². The molecule has 15 heteroatoms. The van der Waals surface area contributed by atoms with E-state index in [4.69, 9.17) is 31.2 Å². The van der Waals surface area contributed by atoms with Crippen molar-refractivity contribution in [1.82, 2.24) is 25.0 Å². The molecule has 1 aromatic heterocycles. The summed E-state index contributed by atoms with van der Waals surface area (Å²) in [5.41, 5.74) is 1.10. The topological polar surface area (TPSA) is 137 Å². The molecule has 2 saturated heterocycles. The van der Waals surface area contributed by atoms with E-state index in [0.717, 1.165) is 0 Å². The first-order valence-corrected chi connectivity index (χ1v) is 14.7. The summed E-state index contributed by atoms with van der Waals surface area (Å²) in [5, 5.41) is 14.3. The van der Waals surface area contributed by atoms with Gasteiger partial charge < -0.3 is 29.7 Å². The molecule has 0 bridgehead atoms. The van der Waals surface area contributed by atoms with Gasteiger partial charge in [0, 0.05) is 62.1 Å². The molecule has 3 aliphatic heterocycles. The number of hydrogen-bond donors (Lipinski definition) is 2. The Balaban J connectivity index is 1.40. The number of nitrogens with zero attached hydrogens (tertiary/aromatic N) is 5. The summed E-state index contributed by atoms with van der Waals surface area (Å²) in [4.78, 5) is 51.7. The van der Waals surface area contributed by atoms with Crippen LogP contribution in [0.5, 0.6) is 0 Å². The van der Waals surface area contributed by atoms with Crippen molar-refractivity contribution in [2.24, 2.45) is 4.99 Å². The van der Waals surface area contributed by atoms with Gasteiger partial charge >= 0.3 is 18.0 Å². The summed E-state index contributed by atoms with van der Waals surface area (Å²) < 4.78 is 25.1. The van der Waals surface area contributed by atoms with Gasteiger partial charge in [-0.25, -0.2) is 23.8 Å². The van der Waals surface area contributed by atoms with E-state index in [1.54, 1.807) is 29.0 Å². The number of amides is 2. The van der Waals surface area contributed by atoms with Gasteiger partial charge in [-0.05, 0) is 13.0 Å². The number of halogens is 2. The van der Waals surface area contributed by atoms with Crippen LogP contribution in [0, 0.1) is 5.82 Å². The van der Waals surface area contributed by atoms with Gasteiger partial charge in [-0.2, -0.15) is 0 Å². The number of fused-ring (bicyclic) bond motifs is 1. The first-order valence-electron chi connectivity index (χ1n) is 13.4. The average molecular weight is 621 g/mol. The number of carbonyl (C=O) groups excluding carboxylic acids is 2. The molecule has 2 atom stereocenters. The maximum Gasteiger partial charge on any atom is 0.338 e. The number of aliphatic carboxylic acids is 1. The molecule has 1 aromatic carbocycles. The van der Waals surface area contributed by atoms with Crippen LogP contribution in [0.4, 0.5) is 9.18 Å². The number of benzene rings is 1. The highest BCUT2D eigenvalue weighted by molar-refractivity contribution is 7.11. The highest BCUT2D eigenvalue weighted by Crippen LogP contribution is 2.37. The number of carboxylic acids is 1. The van der Waals surface area contributed by atoms with E-state index in [0.29, 0.717) is 61.4 Å². The molecule has 224 valence electrons. The highest BCUT2D eigenvalue weighted by Gasteiger charge is 2.41. The minimum Gasteiger partial charge on any atom is -0.480 e. The quantitative estimate of drug-likeness (QED) is 0.287. The molecule has 4 heterocycles. The molecular weight excluding hydrogens is 591 g/mol. The van der Waals surface area contributed by atoms with E-state index >= 15 is 0 Å². The Kier molecular flexibility index (Phi) is 9.36. The van der Waals surface area contributed by atoms with Crippen LogP contribution in [-0.4, -0.2) is 114 Å². The maximum atomic E-state index is 14.6. The molecule has 1 unspecified atom stereocenters. The minimum atomic E-state index is -1.06. The van der Waals surface area contributed by atoms with E-state index in [1.165, 1.54) is 23.5 Å². The number of ether oxygens (including phenoxy) is 2. The lowest BCUT2D eigenvalue weighted by Crippen LogP contribution is -2.53. The monoisotopic (exact) mass is 620 g/mol. The molecule has 2 N–H and O–H groups in total. The number of carboxylic acid groups (broad SMARTS) is 1. The van der Waals surface area contributed by atoms with Gasteiger partial charge in [0.15, 0.2) is 10.8 Å². The SMILES string of the molecule is CCOC(=O)C1=C(CN2CCN3C(=O)N(CCOCC(=O)O)CC3C2)NC(c2nccs2)=N[C@H]1c1cccc(F)c1Cl. The molecule has 42 heavy (non-hydrogen) atoms. The average Bonchev–Trinajstić information content (AvgIpc) is 3.61. The molecule has 3 aliphatic rings. The van der Waals surface area contributed by atoms with E-state index < -0.39 is 30.4 Å². The number of esters is 1. The van der Waals surface area contributed by atoms with Crippen molar-refractivity contribution in [1.29, 1.82) is 0 Å². The number of piperazine rings is 1. The lowest BCUT2D eigenvalue weighted by atomic mass is 9.95. The zero-order chi connectivity index (χ0) is 29.8. The minimum absolute atomic E-state index is 0.0958. The molecule has 0 aliphatic carbocycles. The Hall–Kier alpha value is -3.59. The Labute approximate surface area is 250 Å². The van der Waals surface area contributed by atoms with E-state index in [2.05, 4.69) is 15.2 Å². The second kappa shape index (κ2) is 13.2. The number of aromatic nitrogens is 1. The summed E-state index contributed by atoms with van der Waals surface area (Å²) in [6, 6.07) is 3.27. The van der Waals surface area contributed by atoms with Crippen molar-refractivity contribution in [3.8, 4) is 0 Å². The summed E-state index contributed by atoms with van der Waals surface area (Å²) in [5.74, 6) is -1.84. The number of carbonyl (C=O) groups is 3. The summed E-state index contributed by atoms with van der Waals surface area (Å²) in [6.45, 7) is 4.18. The lowest BCUT2D eigenvalue weighted by molar-refractivity contribution is -0.142. The summed E-state index contributed by atoms with van der Waals surface area (Å²) in [6.07, 6.45) is 1.65. The number of rotatable bonds is 11. The van der Waals surface area contributed by atoms with Crippen LogP contribution in [0.15, 0.2) is 46.0 Å². The van der Waals surface area contributed by atoms with Crippen molar-refractivity contribution in [2.75, 3.05) is 59.1 Å². The van der Waals surface area contributed by atoms with Gasteiger partial charge in [-0.1, -0.05) is 23.7 Å². The highest BCUT2D eigenvalue weighted by atomic mass is 35.5. The standard InChI is InChI=1S/C27H30ClFN6O6S/c1-2-41-26(38)21-19(14-33-7-8-35-16(12-33)13-34(27(35)39)9-10-40-15-20(36)37)31-24(25-30-6-11-42-25)32-23(21)17-4-3-5-18(29)22(17)28/h3-6,11,16,23H,2,7-10,12-15H2,1H3,(H,31,32)(H,36,37)/t16?,23-/m0/s1. The first-order chi connectivity index (χ1) is 20.3. The van der Waals surface area contributed by atoms with Crippen molar-refractivity contribution in [2.45, 2.75) is 19.0 Å². The van der Waals surface area contributed by atoms with E-state index in [9.17, 15) is 18.8 Å².